The number of hydrogen-bond acceptors (Lipinski definition) is 8. The number of ether oxygens (including phenoxy) is 5. The van der Waals surface area contributed by atoms with Crippen LogP contribution in [0, 0.1) is 0 Å². The van der Waals surface area contributed by atoms with Gasteiger partial charge in [-0.15, -0.1) is 0 Å². The highest BCUT2D eigenvalue weighted by molar-refractivity contribution is 5.68. The van der Waals surface area contributed by atoms with Crippen LogP contribution < -0.4 is 4.74 Å². The summed E-state index contributed by atoms with van der Waals surface area (Å²) in [4.78, 5) is 34.2. The third kappa shape index (κ3) is 5.46. The van der Waals surface area contributed by atoms with E-state index in [1.165, 1.54) is 20.8 Å². The highest BCUT2D eigenvalue weighted by Gasteiger charge is 2.48. The predicted octanol–water partition coefficient (Wildman–Crippen LogP) is 1.22. The molecule has 0 aromatic heterocycles. The molecule has 8 heteroatoms. The molecular weight excluding hydrogens is 332 g/mol. The van der Waals surface area contributed by atoms with Crippen LogP contribution in [0.4, 0.5) is 0 Å². The highest BCUT2D eigenvalue weighted by Crippen LogP contribution is 2.26. The minimum absolute atomic E-state index is 0.0766. The average molecular weight is 352 g/mol. The van der Waals surface area contributed by atoms with Crippen LogP contribution in [0.15, 0.2) is 30.3 Å². The second-order valence-electron chi connectivity index (χ2n) is 5.43. The fourth-order valence-corrected chi connectivity index (χ4v) is 2.44. The van der Waals surface area contributed by atoms with E-state index >= 15 is 0 Å². The SMILES string of the molecule is CC(=O)O[C@H]1[C@@H](Oc2ccccc2)OC[C@@H](OC(C)=O)[C@H]1OC(C)=O. The van der Waals surface area contributed by atoms with Gasteiger partial charge in [-0.25, -0.2) is 0 Å². The first kappa shape index (κ1) is 18.7. The molecule has 1 heterocycles. The molecule has 0 saturated carbocycles. The van der Waals surface area contributed by atoms with Crippen molar-refractivity contribution in [3.63, 3.8) is 0 Å². The van der Waals surface area contributed by atoms with Gasteiger partial charge in [-0.05, 0) is 12.1 Å². The molecule has 2 rings (SSSR count). The molecule has 1 aromatic rings. The average Bonchev–Trinajstić information content (AvgIpc) is 2.52. The molecule has 0 radical (unpaired) electrons. The minimum Gasteiger partial charge on any atom is -0.461 e. The lowest BCUT2D eigenvalue weighted by molar-refractivity contribution is -0.259. The zero-order valence-electron chi connectivity index (χ0n) is 14.2. The number of carbonyl (C=O) groups excluding carboxylic acids is 3. The largest absolute Gasteiger partial charge is 0.461 e. The number of esters is 3. The van der Waals surface area contributed by atoms with Gasteiger partial charge in [-0.1, -0.05) is 18.2 Å². The summed E-state index contributed by atoms with van der Waals surface area (Å²) in [6, 6.07) is 8.76. The fourth-order valence-electron chi connectivity index (χ4n) is 2.44. The molecule has 1 aliphatic rings. The summed E-state index contributed by atoms with van der Waals surface area (Å²) in [5.74, 6) is -1.32. The third-order valence-electron chi connectivity index (χ3n) is 3.30. The Hall–Kier alpha value is -2.61. The maximum absolute atomic E-state index is 11.5. The van der Waals surface area contributed by atoms with E-state index in [9.17, 15) is 14.4 Å². The molecule has 0 amide bonds. The molecule has 1 fully saturated rings. The first-order chi connectivity index (χ1) is 11.9. The van der Waals surface area contributed by atoms with Gasteiger partial charge >= 0.3 is 17.9 Å². The summed E-state index contributed by atoms with van der Waals surface area (Å²) in [6.07, 6.45) is -4.09. The third-order valence-corrected chi connectivity index (χ3v) is 3.30. The summed E-state index contributed by atoms with van der Waals surface area (Å²) in [6.45, 7) is 3.56. The van der Waals surface area contributed by atoms with Gasteiger partial charge in [0.15, 0.2) is 12.2 Å². The van der Waals surface area contributed by atoms with Crippen LogP contribution in [-0.2, 0) is 33.3 Å². The highest BCUT2D eigenvalue weighted by atomic mass is 16.7. The van der Waals surface area contributed by atoms with Gasteiger partial charge in [-0.3, -0.25) is 14.4 Å². The Kier molecular flexibility index (Phi) is 6.35. The van der Waals surface area contributed by atoms with E-state index < -0.39 is 42.5 Å². The van der Waals surface area contributed by atoms with E-state index in [1.54, 1.807) is 24.3 Å². The Balaban J connectivity index is 2.25. The molecule has 1 aromatic carbocycles. The van der Waals surface area contributed by atoms with E-state index in [1.807, 2.05) is 6.07 Å². The molecule has 136 valence electrons. The zero-order chi connectivity index (χ0) is 18.4. The van der Waals surface area contributed by atoms with E-state index in [0.29, 0.717) is 5.75 Å². The van der Waals surface area contributed by atoms with Crippen molar-refractivity contribution >= 4 is 17.9 Å². The standard InChI is InChI=1S/C17H20O8/c1-10(18)22-14-9-21-17(25-13-7-5-4-6-8-13)16(24-12(3)20)15(14)23-11(2)19/h4-8,14-17H,9H2,1-3H3/t14-,15-,16-,17-/m1/s1. The molecule has 25 heavy (non-hydrogen) atoms. The van der Waals surface area contributed by atoms with Gasteiger partial charge in [0.2, 0.25) is 12.4 Å². The van der Waals surface area contributed by atoms with Crippen molar-refractivity contribution in [1.82, 2.24) is 0 Å². The Bertz CT molecular complexity index is 614. The molecule has 0 unspecified atom stereocenters. The summed E-state index contributed by atoms with van der Waals surface area (Å²) >= 11 is 0. The lowest BCUT2D eigenvalue weighted by Gasteiger charge is -2.40. The molecule has 0 spiro atoms. The van der Waals surface area contributed by atoms with Gasteiger partial charge in [0.25, 0.3) is 0 Å². The number of carbonyl (C=O) groups is 3. The topological polar surface area (TPSA) is 97.4 Å². The zero-order valence-corrected chi connectivity index (χ0v) is 14.2. The first-order valence-corrected chi connectivity index (χ1v) is 7.71. The van der Waals surface area contributed by atoms with Gasteiger partial charge in [-0.2, -0.15) is 0 Å². The Morgan fingerprint density at radius 3 is 2.00 bits per heavy atom. The van der Waals surface area contributed by atoms with E-state index in [4.69, 9.17) is 23.7 Å². The monoisotopic (exact) mass is 352 g/mol. The van der Waals surface area contributed by atoms with E-state index in [2.05, 4.69) is 0 Å². The van der Waals surface area contributed by atoms with Crippen LogP contribution >= 0.6 is 0 Å². The van der Waals surface area contributed by atoms with Crippen molar-refractivity contribution in [3.05, 3.63) is 30.3 Å². The maximum Gasteiger partial charge on any atom is 0.303 e. The van der Waals surface area contributed by atoms with Crippen LogP contribution in [0.2, 0.25) is 0 Å². The quantitative estimate of drug-likeness (QED) is 0.576. The second-order valence-corrected chi connectivity index (χ2v) is 5.43. The fraction of sp³-hybridized carbons (Fsp3) is 0.471. The first-order valence-electron chi connectivity index (χ1n) is 7.71. The number of benzene rings is 1. The molecule has 0 aliphatic carbocycles. The van der Waals surface area contributed by atoms with Crippen molar-refractivity contribution in [2.24, 2.45) is 0 Å². The number of hydrogen-bond donors (Lipinski definition) is 0. The van der Waals surface area contributed by atoms with Gasteiger partial charge in [0.1, 0.15) is 5.75 Å². The Morgan fingerprint density at radius 2 is 1.44 bits per heavy atom. The molecule has 4 atom stereocenters. The number of para-hydroxylation sites is 1. The van der Waals surface area contributed by atoms with Crippen molar-refractivity contribution in [2.75, 3.05) is 6.61 Å². The van der Waals surface area contributed by atoms with E-state index in [-0.39, 0.29) is 6.61 Å². The molecule has 8 nitrogen and oxygen atoms in total. The van der Waals surface area contributed by atoms with Gasteiger partial charge in [0.05, 0.1) is 6.61 Å². The lowest BCUT2D eigenvalue weighted by atomic mass is 10.0. The maximum atomic E-state index is 11.5. The summed E-state index contributed by atoms with van der Waals surface area (Å²) < 4.78 is 26.9. The molecule has 1 saturated heterocycles. The van der Waals surface area contributed by atoms with Crippen LogP contribution in [0.3, 0.4) is 0 Å². The normalized spacial score (nSPS) is 25.6. The van der Waals surface area contributed by atoms with E-state index in [0.717, 1.165) is 0 Å². The molecule has 1 aliphatic heterocycles. The summed E-state index contributed by atoms with van der Waals surface area (Å²) in [5, 5.41) is 0. The molecule has 0 N–H and O–H groups in total. The Morgan fingerprint density at radius 1 is 0.880 bits per heavy atom. The predicted molar refractivity (Wildman–Crippen MR) is 83.5 cm³/mol. The molecule has 0 bridgehead atoms. The van der Waals surface area contributed by atoms with Crippen LogP contribution in [0.5, 0.6) is 5.75 Å². The van der Waals surface area contributed by atoms with Crippen molar-refractivity contribution < 1.29 is 38.1 Å². The van der Waals surface area contributed by atoms with Crippen LogP contribution in [-0.4, -0.2) is 49.1 Å². The Labute approximate surface area is 144 Å². The van der Waals surface area contributed by atoms with Crippen LogP contribution in [0.1, 0.15) is 20.8 Å². The van der Waals surface area contributed by atoms with Crippen molar-refractivity contribution in [3.8, 4) is 5.75 Å². The summed E-state index contributed by atoms with van der Waals surface area (Å²) in [7, 11) is 0. The second kappa shape index (κ2) is 8.48. The lowest BCUT2D eigenvalue weighted by Crippen LogP contribution is -2.59. The smallest absolute Gasteiger partial charge is 0.303 e. The summed E-state index contributed by atoms with van der Waals surface area (Å²) in [5.41, 5.74) is 0. The molecular formula is C17H20O8. The van der Waals surface area contributed by atoms with Crippen molar-refractivity contribution in [2.45, 2.75) is 45.4 Å². The van der Waals surface area contributed by atoms with Gasteiger partial charge < -0.3 is 23.7 Å². The number of rotatable bonds is 5. The van der Waals surface area contributed by atoms with Gasteiger partial charge in [0, 0.05) is 20.8 Å². The minimum atomic E-state index is -1.10. The van der Waals surface area contributed by atoms with Crippen molar-refractivity contribution in [1.29, 1.82) is 0 Å². The van der Waals surface area contributed by atoms with Crippen LogP contribution in [0.25, 0.3) is 0 Å².